The zero-order valence-corrected chi connectivity index (χ0v) is 33.4. The molecular formula is C43H44N6O8Si. The van der Waals surface area contributed by atoms with E-state index in [1.54, 1.807) is 25.6 Å². The van der Waals surface area contributed by atoms with Crippen molar-refractivity contribution >= 4 is 54.5 Å². The highest BCUT2D eigenvalue weighted by Gasteiger charge is 2.66. The second-order valence-corrected chi connectivity index (χ2v) is 19.8. The number of hydrogen-bond acceptors (Lipinski definition) is 10. The average molecular weight is 801 g/mol. The van der Waals surface area contributed by atoms with Gasteiger partial charge in [-0.3, -0.25) is 28.9 Å². The first-order valence-electron chi connectivity index (χ1n) is 19.5. The number of benzene rings is 4. The molecule has 1 saturated heterocycles. The molecule has 58 heavy (non-hydrogen) atoms. The van der Waals surface area contributed by atoms with Crippen molar-refractivity contribution in [2.45, 2.75) is 63.2 Å². The highest BCUT2D eigenvalue weighted by molar-refractivity contribution is 6.71. The molecule has 3 amide bonds. The van der Waals surface area contributed by atoms with Crippen molar-refractivity contribution in [3.05, 3.63) is 114 Å². The minimum Gasteiger partial charge on any atom is -0.482 e. The van der Waals surface area contributed by atoms with Gasteiger partial charge in [-0.05, 0) is 79.7 Å². The Morgan fingerprint density at radius 2 is 1.48 bits per heavy atom. The van der Waals surface area contributed by atoms with Gasteiger partial charge in [-0.2, -0.15) is 0 Å². The molecule has 298 valence electrons. The molecule has 1 aromatic heterocycles. The second-order valence-electron chi connectivity index (χ2n) is 15.8. The molecule has 1 spiro atoms. The molecule has 9 rings (SSSR count). The third-order valence-electron chi connectivity index (χ3n) is 11.7. The van der Waals surface area contributed by atoms with Crippen molar-refractivity contribution in [1.82, 2.24) is 15.0 Å². The standard InChI is InChI=1S/C43H44N6O8Si/c1-27-41(58(2,3)54)38(17-19-46-24-29(18-20-50)44-45-46)57-43(27)32-22-31(49-35-12-5-7-14-37(35)56-26-40(49)52)15-16-33(32)47(42(43)53)23-28-9-8-10-30(21-28)48-34-11-4-6-13-36(34)55-25-39(48)51/h4-16,21-22,24,27,38,41,50,54H,17-20,23,25-26H2,1-3H3/t27-,38+,41-,43+/m1/s1. The van der Waals surface area contributed by atoms with Gasteiger partial charge >= 0.3 is 0 Å². The Kier molecular flexibility index (Phi) is 9.42. The van der Waals surface area contributed by atoms with E-state index in [9.17, 15) is 19.5 Å². The molecule has 5 aromatic rings. The van der Waals surface area contributed by atoms with E-state index in [0.717, 1.165) is 5.56 Å². The Morgan fingerprint density at radius 1 is 0.828 bits per heavy atom. The molecule has 4 aliphatic rings. The van der Waals surface area contributed by atoms with E-state index < -0.39 is 25.9 Å². The summed E-state index contributed by atoms with van der Waals surface area (Å²) in [4.78, 5) is 59.2. The second kappa shape index (κ2) is 14.5. The van der Waals surface area contributed by atoms with Gasteiger partial charge in [0, 0.05) is 54.2 Å². The smallest absolute Gasteiger partial charge is 0.269 e. The van der Waals surface area contributed by atoms with Gasteiger partial charge in [-0.25, -0.2) is 0 Å². The van der Waals surface area contributed by atoms with Gasteiger partial charge in [0.1, 0.15) is 11.5 Å². The molecule has 0 saturated carbocycles. The maximum atomic E-state index is 15.4. The number of aliphatic hydroxyl groups excluding tert-OH is 1. The summed E-state index contributed by atoms with van der Waals surface area (Å²) in [6, 6.07) is 27.9. The van der Waals surface area contributed by atoms with E-state index in [1.807, 2.05) is 111 Å². The van der Waals surface area contributed by atoms with Crippen LogP contribution in [0.25, 0.3) is 0 Å². The van der Waals surface area contributed by atoms with Crippen LogP contribution in [0.2, 0.25) is 18.6 Å². The molecule has 15 heteroatoms. The minimum absolute atomic E-state index is 0.0396. The molecule has 1 fully saturated rings. The molecule has 4 aliphatic heterocycles. The summed E-state index contributed by atoms with van der Waals surface area (Å²) in [6.45, 7) is 6.07. The highest BCUT2D eigenvalue weighted by Crippen LogP contribution is 2.60. The van der Waals surface area contributed by atoms with Crippen LogP contribution in [0.15, 0.2) is 97.2 Å². The fourth-order valence-corrected chi connectivity index (χ4v) is 11.9. The third-order valence-corrected chi connectivity index (χ3v) is 14.2. The lowest BCUT2D eigenvalue weighted by Crippen LogP contribution is -2.46. The average Bonchev–Trinajstić information content (AvgIpc) is 3.86. The topological polar surface area (TPSA) is 160 Å². The summed E-state index contributed by atoms with van der Waals surface area (Å²) in [5.41, 5.74) is 3.30. The van der Waals surface area contributed by atoms with Crippen molar-refractivity contribution < 1.29 is 38.5 Å². The number of hydrogen-bond donors (Lipinski definition) is 2. The molecule has 0 bridgehead atoms. The molecule has 14 nitrogen and oxygen atoms in total. The van der Waals surface area contributed by atoms with Crippen molar-refractivity contribution in [2.24, 2.45) is 5.92 Å². The van der Waals surface area contributed by atoms with Crippen LogP contribution in [0.1, 0.15) is 30.2 Å². The van der Waals surface area contributed by atoms with Crippen molar-refractivity contribution in [3.8, 4) is 11.5 Å². The van der Waals surface area contributed by atoms with Gasteiger partial charge in [-0.1, -0.05) is 48.5 Å². The summed E-state index contributed by atoms with van der Waals surface area (Å²) in [5.74, 6) is -0.00516. The molecule has 0 unspecified atom stereocenters. The van der Waals surface area contributed by atoms with E-state index in [-0.39, 0.29) is 49.6 Å². The molecule has 5 heterocycles. The summed E-state index contributed by atoms with van der Waals surface area (Å²) in [7, 11) is -3.01. The number of anilines is 5. The Hall–Kier alpha value is -5.87. The summed E-state index contributed by atoms with van der Waals surface area (Å²) in [6.07, 6.45) is 2.11. The molecule has 0 aliphatic carbocycles. The normalized spacial score (nSPS) is 22.5. The first-order valence-corrected chi connectivity index (χ1v) is 22.6. The lowest BCUT2D eigenvalue weighted by atomic mass is 9.82. The Morgan fingerprint density at radius 3 is 2.14 bits per heavy atom. The summed E-state index contributed by atoms with van der Waals surface area (Å²) in [5, 5.41) is 17.8. The van der Waals surface area contributed by atoms with Gasteiger partial charge in [0.05, 0.1) is 35.4 Å². The summed E-state index contributed by atoms with van der Waals surface area (Å²) >= 11 is 0. The van der Waals surface area contributed by atoms with Gasteiger partial charge in [-0.15, -0.1) is 5.10 Å². The van der Waals surface area contributed by atoms with E-state index in [4.69, 9.17) is 14.2 Å². The van der Waals surface area contributed by atoms with E-state index in [2.05, 4.69) is 10.3 Å². The number of rotatable bonds is 10. The van der Waals surface area contributed by atoms with Crippen LogP contribution in [0.3, 0.4) is 0 Å². The quantitative estimate of drug-likeness (QED) is 0.176. The number of nitrogens with zero attached hydrogens (tertiary/aromatic N) is 6. The number of carbonyl (C=O) groups is 3. The monoisotopic (exact) mass is 800 g/mol. The van der Waals surface area contributed by atoms with E-state index in [1.165, 1.54) is 0 Å². The molecule has 4 aromatic carbocycles. The van der Waals surface area contributed by atoms with Crippen molar-refractivity contribution in [1.29, 1.82) is 0 Å². The number of aryl methyl sites for hydroxylation is 1. The Labute approximate surface area is 336 Å². The SMILES string of the molecule is C[C@@H]1[C@@H]([Si](C)(C)O)[C@H](CCn2cc(CCO)nn2)O[C@@]12C(=O)N(Cc1cccc(N3C(=O)COc4ccccc43)c1)c1ccc(N3C(=O)COc4ccccc43)cc12. The maximum Gasteiger partial charge on any atom is 0.269 e. The first kappa shape index (κ1) is 37.7. The first-order chi connectivity index (χ1) is 28.0. The van der Waals surface area contributed by atoms with Crippen LogP contribution in [0.5, 0.6) is 11.5 Å². The van der Waals surface area contributed by atoms with Crippen LogP contribution in [0.4, 0.5) is 28.4 Å². The lowest BCUT2D eigenvalue weighted by molar-refractivity contribution is -0.146. The molecule has 2 N–H and O–H groups in total. The lowest BCUT2D eigenvalue weighted by Gasteiger charge is -2.33. The summed E-state index contributed by atoms with van der Waals surface area (Å²) < 4.78 is 20.3. The van der Waals surface area contributed by atoms with Crippen molar-refractivity contribution in [2.75, 3.05) is 34.5 Å². The Balaban J connectivity index is 1.12. The van der Waals surface area contributed by atoms with E-state index in [0.29, 0.717) is 70.6 Å². The largest absolute Gasteiger partial charge is 0.482 e. The van der Waals surface area contributed by atoms with Crippen LogP contribution < -0.4 is 24.2 Å². The maximum absolute atomic E-state index is 15.4. The number of fused-ring (bicyclic) bond motifs is 4. The van der Waals surface area contributed by atoms with Crippen molar-refractivity contribution in [3.63, 3.8) is 0 Å². The molecule has 0 radical (unpaired) electrons. The number of amides is 3. The predicted molar refractivity (Wildman–Crippen MR) is 217 cm³/mol. The Bertz CT molecular complexity index is 2430. The number of aromatic nitrogens is 3. The van der Waals surface area contributed by atoms with Crippen LogP contribution >= 0.6 is 0 Å². The molecular weight excluding hydrogens is 757 g/mol. The van der Waals surface area contributed by atoms with Gasteiger partial charge < -0.3 is 29.0 Å². The van der Waals surface area contributed by atoms with Crippen LogP contribution in [-0.4, -0.2) is 76.9 Å². The third kappa shape index (κ3) is 6.25. The highest BCUT2D eigenvalue weighted by atomic mass is 28.4. The fraction of sp³-hybridized carbons (Fsp3) is 0.326. The van der Waals surface area contributed by atoms with Crippen LogP contribution in [-0.2, 0) is 44.2 Å². The van der Waals surface area contributed by atoms with Gasteiger partial charge in [0.15, 0.2) is 27.1 Å². The van der Waals surface area contributed by atoms with Gasteiger partial charge in [0.2, 0.25) is 0 Å². The number of aliphatic hydroxyl groups is 1. The molecule has 4 atom stereocenters. The number of ether oxygens (including phenoxy) is 3. The zero-order valence-electron chi connectivity index (χ0n) is 32.4. The fourth-order valence-electron chi connectivity index (χ4n) is 9.32. The number of para-hydroxylation sites is 4. The predicted octanol–water partition coefficient (Wildman–Crippen LogP) is 5.36. The van der Waals surface area contributed by atoms with Crippen LogP contribution in [0, 0.1) is 5.92 Å². The number of carbonyl (C=O) groups excluding carboxylic acids is 3. The van der Waals surface area contributed by atoms with E-state index >= 15 is 4.79 Å². The minimum atomic E-state index is -3.01. The zero-order chi connectivity index (χ0) is 40.3. The van der Waals surface area contributed by atoms with Gasteiger partial charge in [0.25, 0.3) is 17.7 Å².